The summed E-state index contributed by atoms with van der Waals surface area (Å²) in [7, 11) is -3.89. The lowest BCUT2D eigenvalue weighted by atomic mass is 10.0. The molecule has 1 rings (SSSR count). The topological polar surface area (TPSA) is 74.8 Å². The van der Waals surface area contributed by atoms with Crippen molar-refractivity contribution in [3.63, 3.8) is 0 Å². The lowest BCUT2D eigenvalue weighted by molar-refractivity contribution is 0.460. The quantitative estimate of drug-likeness (QED) is 0.729. The van der Waals surface area contributed by atoms with Gasteiger partial charge < -0.3 is 0 Å². The zero-order valence-electron chi connectivity index (χ0n) is 17.1. The predicted molar refractivity (Wildman–Crippen MR) is 110 cm³/mol. The highest BCUT2D eigenvalue weighted by molar-refractivity contribution is 7.93. The van der Waals surface area contributed by atoms with E-state index in [9.17, 15) is 16.8 Å². The third kappa shape index (κ3) is 6.46. The Morgan fingerprint density at radius 1 is 0.654 bits per heavy atom. The molecule has 1 aromatic carbocycles. The van der Waals surface area contributed by atoms with Gasteiger partial charge in [-0.3, -0.25) is 8.61 Å². The Labute approximate surface area is 159 Å². The Morgan fingerprint density at radius 3 is 1.08 bits per heavy atom. The van der Waals surface area contributed by atoms with Crippen LogP contribution < -0.4 is 8.61 Å². The predicted octanol–water partition coefficient (Wildman–Crippen LogP) is 3.31. The third-order valence-corrected chi connectivity index (χ3v) is 8.19. The van der Waals surface area contributed by atoms with Crippen LogP contribution in [0.3, 0.4) is 0 Å². The molecule has 0 aliphatic heterocycles. The monoisotopic (exact) mass is 404 g/mol. The van der Waals surface area contributed by atoms with Crippen LogP contribution in [0.25, 0.3) is 0 Å². The Kier molecular flexibility index (Phi) is 6.46. The largest absolute Gasteiger partial charge is 0.273 e. The molecule has 0 unspecified atom stereocenters. The van der Waals surface area contributed by atoms with E-state index in [0.29, 0.717) is 11.4 Å². The van der Waals surface area contributed by atoms with Gasteiger partial charge in [-0.25, -0.2) is 16.8 Å². The van der Waals surface area contributed by atoms with Gasteiger partial charge in [0.1, 0.15) is 0 Å². The minimum absolute atomic E-state index is 0.0259. The second-order valence-electron chi connectivity index (χ2n) is 9.09. The maximum atomic E-state index is 12.5. The van der Waals surface area contributed by atoms with E-state index in [1.54, 1.807) is 24.3 Å². The van der Waals surface area contributed by atoms with Crippen LogP contribution >= 0.6 is 0 Å². The first-order valence-corrected chi connectivity index (χ1v) is 11.7. The molecule has 1 aromatic rings. The first-order valence-electron chi connectivity index (χ1n) is 8.48. The van der Waals surface area contributed by atoms with E-state index in [0.717, 1.165) is 0 Å². The van der Waals surface area contributed by atoms with E-state index >= 15 is 0 Å². The molecule has 0 heterocycles. The van der Waals surface area contributed by atoms with Crippen molar-refractivity contribution in [2.75, 3.05) is 34.2 Å². The molecule has 0 atom stereocenters. The lowest BCUT2D eigenvalue weighted by Crippen LogP contribution is -2.35. The summed E-state index contributed by atoms with van der Waals surface area (Å²) in [6.07, 6.45) is 0. The average molecular weight is 405 g/mol. The van der Waals surface area contributed by atoms with Gasteiger partial charge in [-0.05, 0) is 35.1 Å². The number of hydrogen-bond donors (Lipinski definition) is 0. The number of rotatable bonds is 6. The molecule has 0 saturated heterocycles. The summed E-state index contributed by atoms with van der Waals surface area (Å²) in [5, 5.41) is 0. The van der Waals surface area contributed by atoms with E-state index in [4.69, 9.17) is 0 Å². The van der Waals surface area contributed by atoms with Gasteiger partial charge in [0.15, 0.2) is 0 Å². The minimum atomic E-state index is -3.46. The number of sulfonamides is 2. The second kappa shape index (κ2) is 7.38. The molecule has 0 radical (unpaired) electrons. The van der Waals surface area contributed by atoms with E-state index in [1.807, 2.05) is 41.5 Å². The van der Waals surface area contributed by atoms with Gasteiger partial charge in [0.05, 0.1) is 22.9 Å². The minimum Gasteiger partial charge on any atom is -0.273 e. The summed E-state index contributed by atoms with van der Waals surface area (Å²) in [6, 6.07) is 6.49. The zero-order chi connectivity index (χ0) is 20.6. The smallest absolute Gasteiger partial charge is 0.235 e. The van der Waals surface area contributed by atoms with Crippen molar-refractivity contribution < 1.29 is 16.8 Å². The van der Waals surface area contributed by atoms with Gasteiger partial charge in [-0.15, -0.1) is 0 Å². The van der Waals surface area contributed by atoms with Gasteiger partial charge >= 0.3 is 0 Å². The molecule has 0 aromatic heterocycles. The van der Waals surface area contributed by atoms with Crippen LogP contribution in [-0.4, -0.2) is 42.4 Å². The molecule has 26 heavy (non-hydrogen) atoms. The van der Waals surface area contributed by atoms with E-state index in [-0.39, 0.29) is 22.3 Å². The van der Waals surface area contributed by atoms with E-state index in [1.165, 1.54) is 22.7 Å². The molecule has 0 aliphatic rings. The van der Waals surface area contributed by atoms with Gasteiger partial charge in [-0.2, -0.15) is 0 Å². The van der Waals surface area contributed by atoms with Crippen molar-refractivity contribution in [1.82, 2.24) is 0 Å². The molecule has 0 fully saturated rings. The van der Waals surface area contributed by atoms with E-state index < -0.39 is 20.0 Å². The van der Waals surface area contributed by atoms with Gasteiger partial charge in [0.2, 0.25) is 20.0 Å². The zero-order valence-corrected chi connectivity index (χ0v) is 18.7. The van der Waals surface area contributed by atoms with Crippen LogP contribution in [0.4, 0.5) is 11.4 Å². The highest BCUT2D eigenvalue weighted by Gasteiger charge is 2.28. The summed E-state index contributed by atoms with van der Waals surface area (Å²) < 4.78 is 52.5. The SMILES string of the molecule is CN(c1ccc(N(C)S(=O)(=O)CC(C)(C)C)cc1)S(=O)(=O)CC(C)(C)C. The summed E-state index contributed by atoms with van der Waals surface area (Å²) >= 11 is 0. The van der Waals surface area contributed by atoms with Crippen molar-refractivity contribution in [1.29, 1.82) is 0 Å². The normalized spacial score (nSPS) is 13.5. The van der Waals surface area contributed by atoms with Crippen molar-refractivity contribution in [3.05, 3.63) is 24.3 Å². The van der Waals surface area contributed by atoms with Crippen LogP contribution in [0.1, 0.15) is 41.5 Å². The van der Waals surface area contributed by atoms with Gasteiger partial charge in [0.25, 0.3) is 0 Å². The molecular formula is C18H32N2O4S2. The molecule has 6 nitrogen and oxygen atoms in total. The molecule has 0 saturated carbocycles. The van der Waals surface area contributed by atoms with Crippen molar-refractivity contribution in [3.8, 4) is 0 Å². The molecule has 0 bridgehead atoms. The summed E-state index contributed by atoms with van der Waals surface area (Å²) in [5.74, 6) is 0.0518. The summed E-state index contributed by atoms with van der Waals surface area (Å²) in [5.41, 5.74) is 0.294. The molecule has 0 amide bonds. The summed E-state index contributed by atoms with van der Waals surface area (Å²) in [4.78, 5) is 0. The fourth-order valence-corrected chi connectivity index (χ4v) is 5.94. The Morgan fingerprint density at radius 2 is 0.885 bits per heavy atom. The fourth-order valence-electron chi connectivity index (χ4n) is 2.48. The van der Waals surface area contributed by atoms with E-state index in [2.05, 4.69) is 0 Å². The van der Waals surface area contributed by atoms with Gasteiger partial charge in [0, 0.05) is 14.1 Å². The van der Waals surface area contributed by atoms with Crippen LogP contribution in [0.15, 0.2) is 24.3 Å². The highest BCUT2D eigenvalue weighted by Crippen LogP contribution is 2.27. The highest BCUT2D eigenvalue weighted by atomic mass is 32.2. The third-order valence-electron chi connectivity index (χ3n) is 3.64. The first-order chi connectivity index (χ1) is 11.4. The Hall–Kier alpha value is -1.28. The standard InChI is InChI=1S/C18H32N2O4S2/c1-17(2,3)13-25(21,22)19(7)15-9-11-16(12-10-15)20(8)26(23,24)14-18(4,5)6/h9-12H,13-14H2,1-8H3. The molecule has 150 valence electrons. The van der Waals surface area contributed by atoms with Crippen LogP contribution in [0.5, 0.6) is 0 Å². The van der Waals surface area contributed by atoms with Gasteiger partial charge in [-0.1, -0.05) is 41.5 Å². The molecule has 8 heteroatoms. The molecule has 0 N–H and O–H groups in total. The Balaban J connectivity index is 3.05. The second-order valence-corrected chi connectivity index (χ2v) is 13.1. The lowest BCUT2D eigenvalue weighted by Gasteiger charge is -2.27. The average Bonchev–Trinajstić information content (AvgIpc) is 2.40. The number of benzene rings is 1. The number of anilines is 2. The van der Waals surface area contributed by atoms with Crippen LogP contribution in [-0.2, 0) is 20.0 Å². The maximum Gasteiger partial charge on any atom is 0.235 e. The Bertz CT molecular complexity index is 744. The van der Waals surface area contributed by atoms with Crippen LogP contribution in [0.2, 0.25) is 0 Å². The van der Waals surface area contributed by atoms with Crippen molar-refractivity contribution in [2.45, 2.75) is 41.5 Å². The number of hydrogen-bond acceptors (Lipinski definition) is 4. The fraction of sp³-hybridized carbons (Fsp3) is 0.667. The summed E-state index contributed by atoms with van der Waals surface area (Å²) in [6.45, 7) is 11.2. The first kappa shape index (κ1) is 22.8. The molecular weight excluding hydrogens is 372 g/mol. The molecule has 0 aliphatic carbocycles. The number of nitrogens with zero attached hydrogens (tertiary/aromatic N) is 2. The van der Waals surface area contributed by atoms with Crippen molar-refractivity contribution in [2.24, 2.45) is 10.8 Å². The molecule has 0 spiro atoms. The van der Waals surface area contributed by atoms with Crippen LogP contribution in [0, 0.1) is 10.8 Å². The maximum absolute atomic E-state index is 12.5. The van der Waals surface area contributed by atoms with Crippen molar-refractivity contribution >= 4 is 31.4 Å².